The van der Waals surface area contributed by atoms with E-state index >= 15 is 0 Å². The number of nitrogens with zero attached hydrogens (tertiary/aromatic N) is 1. The van der Waals surface area contributed by atoms with Crippen LogP contribution in [0.2, 0.25) is 4.34 Å². The third-order valence-corrected chi connectivity index (χ3v) is 4.96. The van der Waals surface area contributed by atoms with Crippen LogP contribution in [0.5, 0.6) is 0 Å². The molecule has 1 unspecified atom stereocenters. The second kappa shape index (κ2) is 5.26. The van der Waals surface area contributed by atoms with Gasteiger partial charge in [0.2, 0.25) is 5.91 Å². The summed E-state index contributed by atoms with van der Waals surface area (Å²) in [6, 6.07) is 8.81. The van der Waals surface area contributed by atoms with Gasteiger partial charge in [-0.1, -0.05) is 23.7 Å². The molecule has 6 heteroatoms. The van der Waals surface area contributed by atoms with Gasteiger partial charge in [-0.2, -0.15) is 0 Å². The van der Waals surface area contributed by atoms with E-state index in [9.17, 15) is 9.59 Å². The molecule has 3 rings (SSSR count). The number of carbonyl (C=O) groups excluding carboxylic acids is 2. The highest BCUT2D eigenvalue weighted by Gasteiger charge is 2.28. The molecule has 1 aromatic carbocycles. The lowest BCUT2D eigenvalue weighted by Crippen LogP contribution is -2.39. The van der Waals surface area contributed by atoms with Gasteiger partial charge in [0.15, 0.2) is 0 Å². The Morgan fingerprint density at radius 2 is 2.05 bits per heavy atom. The Kier molecular flexibility index (Phi) is 3.57. The molecular formula is C15H13ClN2O2S. The number of thiophene rings is 1. The molecule has 2 amide bonds. The fourth-order valence-corrected chi connectivity index (χ4v) is 3.47. The van der Waals surface area contributed by atoms with Gasteiger partial charge < -0.3 is 5.73 Å². The van der Waals surface area contributed by atoms with Gasteiger partial charge in [-0.15, -0.1) is 11.3 Å². The van der Waals surface area contributed by atoms with E-state index in [0.717, 1.165) is 20.9 Å². The van der Waals surface area contributed by atoms with Gasteiger partial charge in [0.05, 0.1) is 16.8 Å². The molecule has 0 saturated heterocycles. The first-order valence-electron chi connectivity index (χ1n) is 6.42. The third kappa shape index (κ3) is 2.48. The Morgan fingerprint density at radius 1 is 1.29 bits per heavy atom. The van der Waals surface area contributed by atoms with Gasteiger partial charge in [0.1, 0.15) is 0 Å². The normalized spacial score (nSPS) is 16.0. The van der Waals surface area contributed by atoms with Crippen molar-refractivity contribution in [1.82, 2.24) is 4.90 Å². The Labute approximate surface area is 131 Å². The predicted molar refractivity (Wildman–Crippen MR) is 82.6 cm³/mol. The molecular weight excluding hydrogens is 308 g/mol. The summed E-state index contributed by atoms with van der Waals surface area (Å²) in [5.41, 5.74) is 8.37. The molecule has 1 aliphatic rings. The Hall–Kier alpha value is -1.69. The van der Waals surface area contributed by atoms with Crippen LogP contribution in [-0.4, -0.2) is 23.8 Å². The number of hydrogen-bond acceptors (Lipinski definition) is 4. The maximum atomic E-state index is 12.2. The number of fused-ring (bicyclic) bond motifs is 1. The molecule has 4 nitrogen and oxygen atoms in total. The summed E-state index contributed by atoms with van der Waals surface area (Å²) >= 11 is 7.35. The average Bonchev–Trinajstić information content (AvgIpc) is 2.90. The van der Waals surface area contributed by atoms with Gasteiger partial charge in [0, 0.05) is 17.5 Å². The molecule has 0 spiro atoms. The number of nitrogens with two attached hydrogens (primary N) is 1. The fraction of sp³-hybridized carbons (Fsp3) is 0.200. The van der Waals surface area contributed by atoms with Crippen molar-refractivity contribution in [3.05, 3.63) is 56.2 Å². The highest BCUT2D eigenvalue weighted by molar-refractivity contribution is 7.16. The summed E-state index contributed by atoms with van der Waals surface area (Å²) in [5.74, 6) is -0.464. The average molecular weight is 321 g/mol. The van der Waals surface area contributed by atoms with Crippen molar-refractivity contribution in [3.63, 3.8) is 0 Å². The van der Waals surface area contributed by atoms with E-state index < -0.39 is 0 Å². The van der Waals surface area contributed by atoms with Crippen LogP contribution in [0.4, 0.5) is 0 Å². The van der Waals surface area contributed by atoms with E-state index in [2.05, 4.69) is 0 Å². The Morgan fingerprint density at radius 3 is 2.71 bits per heavy atom. The second-order valence-electron chi connectivity index (χ2n) is 4.97. The summed E-state index contributed by atoms with van der Waals surface area (Å²) in [7, 11) is 1.50. The van der Waals surface area contributed by atoms with E-state index in [1.165, 1.54) is 18.4 Å². The van der Waals surface area contributed by atoms with Crippen LogP contribution in [0.15, 0.2) is 30.3 Å². The van der Waals surface area contributed by atoms with Crippen LogP contribution < -0.4 is 5.73 Å². The summed E-state index contributed by atoms with van der Waals surface area (Å²) in [6.07, 6.45) is 0.248. The zero-order valence-electron chi connectivity index (χ0n) is 11.3. The van der Waals surface area contributed by atoms with Crippen LogP contribution in [-0.2, 0) is 11.2 Å². The molecule has 1 aliphatic heterocycles. The van der Waals surface area contributed by atoms with Gasteiger partial charge in [0.25, 0.3) is 5.91 Å². The van der Waals surface area contributed by atoms with E-state index in [0.29, 0.717) is 9.90 Å². The molecule has 2 N–H and O–H groups in total. The smallest absolute Gasteiger partial charge is 0.260 e. The number of hydrogen-bond donors (Lipinski definition) is 1. The quantitative estimate of drug-likeness (QED) is 0.865. The van der Waals surface area contributed by atoms with Crippen LogP contribution in [0.25, 0.3) is 0 Å². The van der Waals surface area contributed by atoms with E-state index in [-0.39, 0.29) is 24.3 Å². The van der Waals surface area contributed by atoms with Gasteiger partial charge in [-0.05, 0) is 29.3 Å². The molecule has 0 fully saturated rings. The predicted octanol–water partition coefficient (Wildman–Crippen LogP) is 2.60. The highest BCUT2D eigenvalue weighted by Crippen LogP contribution is 2.31. The minimum absolute atomic E-state index is 0.186. The van der Waals surface area contributed by atoms with E-state index in [1.54, 1.807) is 12.1 Å². The lowest BCUT2D eigenvalue weighted by atomic mass is 9.94. The number of carbonyl (C=O) groups is 2. The molecule has 2 heterocycles. The summed E-state index contributed by atoms with van der Waals surface area (Å²) in [5, 5.41) is 0. The van der Waals surface area contributed by atoms with Crippen LogP contribution in [0, 0.1) is 0 Å². The largest absolute Gasteiger partial charge is 0.320 e. The molecule has 108 valence electrons. The Balaban J connectivity index is 2.00. The third-order valence-electron chi connectivity index (χ3n) is 3.64. The molecule has 2 aromatic rings. The molecule has 1 atom stereocenters. The number of halogens is 1. The monoisotopic (exact) mass is 320 g/mol. The number of likely N-dealkylation sites (N-methyl/N-ethyl adjacent to an activating group) is 1. The second-order valence-corrected chi connectivity index (χ2v) is 6.72. The Bertz CT molecular complexity index is 741. The van der Waals surface area contributed by atoms with Crippen LogP contribution >= 0.6 is 22.9 Å². The van der Waals surface area contributed by atoms with Gasteiger partial charge in [-0.3, -0.25) is 14.5 Å². The van der Waals surface area contributed by atoms with Gasteiger partial charge in [-0.25, -0.2) is 0 Å². The van der Waals surface area contributed by atoms with Crippen molar-refractivity contribution in [2.75, 3.05) is 7.05 Å². The lowest BCUT2D eigenvalue weighted by molar-refractivity contribution is -0.127. The van der Waals surface area contributed by atoms with Crippen LogP contribution in [0.1, 0.15) is 32.4 Å². The fourth-order valence-electron chi connectivity index (χ4n) is 2.38. The topological polar surface area (TPSA) is 63.4 Å². The van der Waals surface area contributed by atoms with Crippen LogP contribution in [0.3, 0.4) is 0 Å². The molecule has 0 radical (unpaired) electrons. The number of rotatable bonds is 2. The first kappa shape index (κ1) is 14.3. The number of benzene rings is 1. The zero-order valence-corrected chi connectivity index (χ0v) is 12.9. The maximum absolute atomic E-state index is 12.2. The number of imide groups is 1. The lowest BCUT2D eigenvalue weighted by Gasteiger charge is -2.24. The molecule has 0 saturated carbocycles. The summed E-state index contributed by atoms with van der Waals surface area (Å²) in [6.45, 7) is 0. The standard InChI is InChI=1S/C15H13ClN2O2S/c1-18-13(19)7-8-2-3-9(6-10(8)15(18)20)14(17)11-4-5-12(16)21-11/h2-6,14H,7,17H2,1H3. The minimum Gasteiger partial charge on any atom is -0.320 e. The molecule has 0 bridgehead atoms. The van der Waals surface area contributed by atoms with Crippen molar-refractivity contribution in [2.24, 2.45) is 5.73 Å². The van der Waals surface area contributed by atoms with E-state index in [4.69, 9.17) is 17.3 Å². The van der Waals surface area contributed by atoms with Crippen molar-refractivity contribution < 1.29 is 9.59 Å². The number of amides is 2. The molecule has 1 aromatic heterocycles. The zero-order chi connectivity index (χ0) is 15.1. The maximum Gasteiger partial charge on any atom is 0.260 e. The summed E-state index contributed by atoms with van der Waals surface area (Å²) in [4.78, 5) is 26.0. The first-order chi connectivity index (χ1) is 9.97. The first-order valence-corrected chi connectivity index (χ1v) is 7.61. The van der Waals surface area contributed by atoms with Gasteiger partial charge >= 0.3 is 0 Å². The molecule has 21 heavy (non-hydrogen) atoms. The van der Waals surface area contributed by atoms with Crippen molar-refractivity contribution >= 4 is 34.8 Å². The van der Waals surface area contributed by atoms with Crippen molar-refractivity contribution in [2.45, 2.75) is 12.5 Å². The summed E-state index contributed by atoms with van der Waals surface area (Å²) < 4.78 is 0.680. The van der Waals surface area contributed by atoms with Crippen molar-refractivity contribution in [3.8, 4) is 0 Å². The molecule has 0 aliphatic carbocycles. The highest BCUT2D eigenvalue weighted by atomic mass is 35.5. The minimum atomic E-state index is -0.330. The SMILES string of the molecule is CN1C(=O)Cc2ccc(C(N)c3ccc(Cl)s3)cc2C1=O. The van der Waals surface area contributed by atoms with E-state index in [1.807, 2.05) is 18.2 Å². The van der Waals surface area contributed by atoms with Crippen molar-refractivity contribution in [1.29, 1.82) is 0 Å².